The highest BCUT2D eigenvalue weighted by Gasteiger charge is 2.18. The number of hydrazine groups is 1. The first kappa shape index (κ1) is 15.9. The van der Waals surface area contributed by atoms with Crippen molar-refractivity contribution in [1.29, 1.82) is 0 Å². The molecule has 2 heterocycles. The van der Waals surface area contributed by atoms with E-state index < -0.39 is 0 Å². The molecule has 0 aliphatic carbocycles. The van der Waals surface area contributed by atoms with E-state index >= 15 is 0 Å². The molecule has 0 bridgehead atoms. The number of hydrogen-bond donors (Lipinski definition) is 2. The molecule has 21 heavy (non-hydrogen) atoms. The third kappa shape index (κ3) is 3.26. The molecule has 3 N–H and O–H groups in total. The maximum absolute atomic E-state index is 5.76. The molecule has 114 valence electrons. The van der Waals surface area contributed by atoms with E-state index in [1.54, 1.807) is 18.4 Å². The molecular formula is C16H23N3OS. The minimum absolute atomic E-state index is 0.0704. The first-order chi connectivity index (χ1) is 9.97. The summed E-state index contributed by atoms with van der Waals surface area (Å²) >= 11 is 1.78. The lowest BCUT2D eigenvalue weighted by atomic mass is 10.0. The smallest absolute Gasteiger partial charge is 0.128 e. The molecular weight excluding hydrogens is 282 g/mol. The molecule has 0 spiro atoms. The number of methoxy groups -OCH3 is 1. The Morgan fingerprint density at radius 2 is 2.00 bits per heavy atom. The lowest BCUT2D eigenvalue weighted by Gasteiger charge is -2.17. The number of hydrogen-bond acceptors (Lipinski definition) is 5. The fraction of sp³-hybridized carbons (Fsp3) is 0.438. The van der Waals surface area contributed by atoms with Crippen molar-refractivity contribution in [3.8, 4) is 5.75 Å². The molecule has 0 fully saturated rings. The predicted molar refractivity (Wildman–Crippen MR) is 87.8 cm³/mol. The Bertz CT molecular complexity index is 617. The summed E-state index contributed by atoms with van der Waals surface area (Å²) in [4.78, 5) is 7.13. The zero-order chi connectivity index (χ0) is 15.6. The molecule has 4 nitrogen and oxygen atoms in total. The van der Waals surface area contributed by atoms with E-state index in [9.17, 15) is 0 Å². The molecule has 5 heteroatoms. The number of rotatable bonds is 5. The number of nitrogens with one attached hydrogen (secondary N) is 1. The predicted octanol–water partition coefficient (Wildman–Crippen LogP) is 3.13. The standard InChI is InChI=1S/C16H23N3OS/c1-9-6-15(21-12(9)4)14(19-17)7-13-11(3)16(20-5)10(2)8-18-13/h6,8,14,19H,7,17H2,1-5H3. The second kappa shape index (κ2) is 6.56. The van der Waals surface area contributed by atoms with Gasteiger partial charge in [0.25, 0.3) is 0 Å². The third-order valence-electron chi connectivity index (χ3n) is 3.88. The molecule has 0 saturated carbocycles. The van der Waals surface area contributed by atoms with Crippen molar-refractivity contribution in [2.75, 3.05) is 7.11 Å². The van der Waals surface area contributed by atoms with Gasteiger partial charge in [0.15, 0.2) is 0 Å². The number of pyridine rings is 1. The van der Waals surface area contributed by atoms with Crippen molar-refractivity contribution in [3.63, 3.8) is 0 Å². The van der Waals surface area contributed by atoms with Crippen LogP contribution in [-0.4, -0.2) is 12.1 Å². The lowest BCUT2D eigenvalue weighted by molar-refractivity contribution is 0.406. The van der Waals surface area contributed by atoms with Crippen LogP contribution in [0.3, 0.4) is 0 Å². The SMILES string of the molecule is COc1c(C)cnc(CC(NN)c2cc(C)c(C)s2)c1C. The molecule has 1 unspecified atom stereocenters. The number of thiophene rings is 1. The fourth-order valence-electron chi connectivity index (χ4n) is 2.49. The van der Waals surface area contributed by atoms with Crippen molar-refractivity contribution in [2.45, 2.75) is 40.2 Å². The van der Waals surface area contributed by atoms with Crippen molar-refractivity contribution in [3.05, 3.63) is 44.4 Å². The van der Waals surface area contributed by atoms with Gasteiger partial charge >= 0.3 is 0 Å². The Hall–Kier alpha value is -1.43. The van der Waals surface area contributed by atoms with Crippen LogP contribution in [0.15, 0.2) is 12.3 Å². The summed E-state index contributed by atoms with van der Waals surface area (Å²) in [6.07, 6.45) is 2.61. The summed E-state index contributed by atoms with van der Waals surface area (Å²) in [6, 6.07) is 2.27. The third-order valence-corrected chi connectivity index (χ3v) is 5.14. The van der Waals surface area contributed by atoms with Gasteiger partial charge in [-0.1, -0.05) is 0 Å². The van der Waals surface area contributed by atoms with Crippen LogP contribution < -0.4 is 16.0 Å². The Balaban J connectivity index is 2.31. The normalized spacial score (nSPS) is 12.5. The van der Waals surface area contributed by atoms with Gasteiger partial charge in [-0.3, -0.25) is 16.3 Å². The summed E-state index contributed by atoms with van der Waals surface area (Å²) < 4.78 is 5.47. The molecule has 0 saturated heterocycles. The highest BCUT2D eigenvalue weighted by atomic mass is 32.1. The number of aryl methyl sites for hydroxylation is 3. The average molecular weight is 305 g/mol. The van der Waals surface area contributed by atoms with Gasteiger partial charge in [-0.2, -0.15) is 0 Å². The van der Waals surface area contributed by atoms with E-state index in [0.717, 1.165) is 29.0 Å². The largest absolute Gasteiger partial charge is 0.496 e. The molecule has 0 radical (unpaired) electrons. The van der Waals surface area contributed by atoms with Gasteiger partial charge in [-0.25, -0.2) is 0 Å². The second-order valence-electron chi connectivity index (χ2n) is 5.36. The number of ether oxygens (including phenoxy) is 1. The second-order valence-corrected chi connectivity index (χ2v) is 6.65. The van der Waals surface area contributed by atoms with Gasteiger partial charge in [0, 0.05) is 39.2 Å². The average Bonchev–Trinajstić information content (AvgIpc) is 2.78. The highest BCUT2D eigenvalue weighted by Crippen LogP contribution is 2.31. The van der Waals surface area contributed by atoms with Gasteiger partial charge in [0.1, 0.15) is 5.75 Å². The molecule has 0 aliphatic heterocycles. The zero-order valence-corrected chi connectivity index (χ0v) is 14.1. The van der Waals surface area contributed by atoms with Crippen molar-refractivity contribution >= 4 is 11.3 Å². The molecule has 2 aromatic rings. The zero-order valence-electron chi connectivity index (χ0n) is 13.3. The van der Waals surface area contributed by atoms with Crippen LogP contribution in [0.4, 0.5) is 0 Å². The lowest BCUT2D eigenvalue weighted by Crippen LogP contribution is -2.29. The molecule has 0 amide bonds. The molecule has 2 aromatic heterocycles. The number of nitrogens with two attached hydrogens (primary N) is 1. The van der Waals surface area contributed by atoms with E-state index in [4.69, 9.17) is 10.6 Å². The quantitative estimate of drug-likeness (QED) is 0.658. The van der Waals surface area contributed by atoms with Gasteiger partial charge in [-0.05, 0) is 39.3 Å². The van der Waals surface area contributed by atoms with E-state index in [1.165, 1.54) is 15.3 Å². The Labute approximate surface area is 130 Å². The summed E-state index contributed by atoms with van der Waals surface area (Å²) in [5.74, 6) is 6.67. The van der Waals surface area contributed by atoms with Crippen LogP contribution in [0.2, 0.25) is 0 Å². The fourth-order valence-corrected chi connectivity index (χ4v) is 3.59. The van der Waals surface area contributed by atoms with Crippen LogP contribution in [-0.2, 0) is 6.42 Å². The van der Waals surface area contributed by atoms with Crippen LogP contribution >= 0.6 is 11.3 Å². The molecule has 0 aromatic carbocycles. The van der Waals surface area contributed by atoms with E-state index in [2.05, 4.69) is 30.3 Å². The first-order valence-corrected chi connectivity index (χ1v) is 7.81. The van der Waals surface area contributed by atoms with E-state index in [1.807, 2.05) is 20.0 Å². The molecule has 1 atom stereocenters. The summed E-state index contributed by atoms with van der Waals surface area (Å²) in [5, 5.41) is 0. The van der Waals surface area contributed by atoms with Crippen LogP contribution in [0, 0.1) is 27.7 Å². The minimum atomic E-state index is 0.0704. The number of nitrogens with zero attached hydrogens (tertiary/aromatic N) is 1. The maximum Gasteiger partial charge on any atom is 0.128 e. The first-order valence-electron chi connectivity index (χ1n) is 7.00. The number of aromatic nitrogens is 1. The van der Waals surface area contributed by atoms with Crippen LogP contribution in [0.5, 0.6) is 5.75 Å². The Morgan fingerprint density at radius 3 is 2.52 bits per heavy atom. The summed E-state index contributed by atoms with van der Waals surface area (Å²) in [5.41, 5.74) is 7.38. The van der Waals surface area contributed by atoms with Gasteiger partial charge < -0.3 is 4.74 Å². The van der Waals surface area contributed by atoms with Gasteiger partial charge in [0.2, 0.25) is 0 Å². The Morgan fingerprint density at radius 1 is 1.29 bits per heavy atom. The summed E-state index contributed by atoms with van der Waals surface area (Å²) in [6.45, 7) is 8.32. The highest BCUT2D eigenvalue weighted by molar-refractivity contribution is 7.12. The summed E-state index contributed by atoms with van der Waals surface area (Å²) in [7, 11) is 1.70. The van der Waals surface area contributed by atoms with Gasteiger partial charge in [-0.15, -0.1) is 11.3 Å². The van der Waals surface area contributed by atoms with Crippen molar-refractivity contribution in [2.24, 2.45) is 5.84 Å². The Kier molecular flexibility index (Phi) is 4.98. The van der Waals surface area contributed by atoms with E-state index in [0.29, 0.717) is 0 Å². The van der Waals surface area contributed by atoms with Crippen LogP contribution in [0.1, 0.15) is 38.2 Å². The molecule has 0 aliphatic rings. The monoisotopic (exact) mass is 305 g/mol. The van der Waals surface area contributed by atoms with Gasteiger partial charge in [0.05, 0.1) is 13.2 Å². The molecule has 2 rings (SSSR count). The maximum atomic E-state index is 5.76. The minimum Gasteiger partial charge on any atom is -0.496 e. The van der Waals surface area contributed by atoms with Crippen LogP contribution in [0.25, 0.3) is 0 Å². The topological polar surface area (TPSA) is 60.2 Å². The van der Waals surface area contributed by atoms with E-state index in [-0.39, 0.29) is 6.04 Å². The van der Waals surface area contributed by atoms with Crippen molar-refractivity contribution in [1.82, 2.24) is 10.4 Å². The van der Waals surface area contributed by atoms with Crippen molar-refractivity contribution < 1.29 is 4.74 Å².